The smallest absolute Gasteiger partial charge is 0.388 e. The van der Waals surface area contributed by atoms with Crippen LogP contribution in [0.3, 0.4) is 0 Å². The summed E-state index contributed by atoms with van der Waals surface area (Å²) in [6, 6.07) is 2.03. The third-order valence-electron chi connectivity index (χ3n) is 3.70. The molecule has 0 fully saturated rings. The van der Waals surface area contributed by atoms with Gasteiger partial charge in [0.2, 0.25) is 0 Å². The summed E-state index contributed by atoms with van der Waals surface area (Å²) in [6.07, 6.45) is -13.1. The Hall–Kier alpha value is -1.80. The van der Waals surface area contributed by atoms with Crippen molar-refractivity contribution in [2.24, 2.45) is 0 Å². The van der Waals surface area contributed by atoms with Gasteiger partial charge >= 0.3 is 35.8 Å². The van der Waals surface area contributed by atoms with Crippen LogP contribution >= 0.6 is 0 Å². The zero-order chi connectivity index (χ0) is 23.3. The minimum absolute atomic E-state index is 0.501. The average molecular weight is 458 g/mol. The second kappa shape index (κ2) is 7.16. The molecule has 0 radical (unpaired) electrons. The number of halogens is 14. The van der Waals surface area contributed by atoms with Gasteiger partial charge in [0.1, 0.15) is 5.82 Å². The lowest BCUT2D eigenvalue weighted by molar-refractivity contribution is -0.440. The van der Waals surface area contributed by atoms with E-state index in [1.165, 1.54) is 0 Å². The van der Waals surface area contributed by atoms with Gasteiger partial charge in [-0.15, -0.1) is 0 Å². The van der Waals surface area contributed by atoms with Gasteiger partial charge in [-0.25, -0.2) is 4.39 Å². The normalized spacial score (nSPS) is 16.1. The summed E-state index contributed by atoms with van der Waals surface area (Å²) in [7, 11) is 0. The number of aliphatic hydroxyl groups is 1. The number of rotatable bonds is 7. The third-order valence-corrected chi connectivity index (χ3v) is 3.70. The largest absolute Gasteiger partial charge is 0.460 e. The van der Waals surface area contributed by atoms with Gasteiger partial charge in [-0.05, 0) is 17.7 Å². The number of benzene rings is 1. The summed E-state index contributed by atoms with van der Waals surface area (Å²) in [4.78, 5) is 0. The number of aliphatic hydroxyl groups excluding tert-OH is 1. The highest BCUT2D eigenvalue weighted by atomic mass is 19.4. The van der Waals surface area contributed by atoms with Crippen LogP contribution in [0.4, 0.5) is 61.5 Å². The first-order valence-electron chi connectivity index (χ1n) is 7.03. The molecule has 1 nitrogen and oxygen atoms in total. The van der Waals surface area contributed by atoms with Crippen LogP contribution in [0.5, 0.6) is 0 Å². The lowest BCUT2D eigenvalue weighted by Crippen LogP contribution is -2.70. The summed E-state index contributed by atoms with van der Waals surface area (Å²) < 4.78 is 181. The summed E-state index contributed by atoms with van der Waals surface area (Å²) in [5.41, 5.74) is -0.794. The number of hydrogen-bond donors (Lipinski definition) is 1. The molecule has 1 rings (SSSR count). The van der Waals surface area contributed by atoms with E-state index in [9.17, 15) is 66.6 Å². The molecular formula is C14H8F14O. The topological polar surface area (TPSA) is 20.2 Å². The standard InChI is InChI=1S/C14H8F14O/c15-7-3-1-6(2-4-7)8(29)5-9(16,17)10(18,19)11(20,21)12(22,23)13(24,25)14(26,27)28/h1-4,8,29H,5H2. The Morgan fingerprint density at radius 3 is 1.38 bits per heavy atom. The Kier molecular flexibility index (Phi) is 6.23. The molecule has 1 atom stereocenters. The molecule has 0 heterocycles. The van der Waals surface area contributed by atoms with E-state index in [2.05, 4.69) is 0 Å². The van der Waals surface area contributed by atoms with Crippen LogP contribution in [0.2, 0.25) is 0 Å². The maximum atomic E-state index is 13.6. The first-order valence-corrected chi connectivity index (χ1v) is 7.03. The van der Waals surface area contributed by atoms with E-state index >= 15 is 0 Å². The molecule has 0 aromatic heterocycles. The quantitative estimate of drug-likeness (QED) is 0.498. The molecule has 168 valence electrons. The first-order chi connectivity index (χ1) is 12.6. The van der Waals surface area contributed by atoms with Gasteiger partial charge < -0.3 is 5.11 Å². The van der Waals surface area contributed by atoms with E-state index in [0.29, 0.717) is 24.3 Å². The van der Waals surface area contributed by atoms with Crippen LogP contribution < -0.4 is 0 Å². The van der Waals surface area contributed by atoms with Gasteiger partial charge in [0.15, 0.2) is 0 Å². The van der Waals surface area contributed by atoms with Crippen LogP contribution in [0.1, 0.15) is 18.1 Å². The molecule has 15 heteroatoms. The Balaban J connectivity index is 3.32. The van der Waals surface area contributed by atoms with Crippen molar-refractivity contribution in [2.75, 3.05) is 0 Å². The fourth-order valence-corrected chi connectivity index (χ4v) is 1.98. The van der Waals surface area contributed by atoms with Gasteiger partial charge in [-0.1, -0.05) is 12.1 Å². The minimum Gasteiger partial charge on any atom is -0.388 e. The van der Waals surface area contributed by atoms with Crippen LogP contribution in [0, 0.1) is 5.82 Å². The summed E-state index contributed by atoms with van der Waals surface area (Å²) in [5.74, 6) is -38.6. The molecule has 0 spiro atoms. The van der Waals surface area contributed by atoms with Gasteiger partial charge in [0.25, 0.3) is 0 Å². The molecule has 1 aromatic carbocycles. The van der Waals surface area contributed by atoms with Crippen molar-refractivity contribution in [3.63, 3.8) is 0 Å². The second-order valence-corrected chi connectivity index (χ2v) is 5.77. The zero-order valence-electron chi connectivity index (χ0n) is 13.3. The van der Waals surface area contributed by atoms with Gasteiger partial charge in [0.05, 0.1) is 6.10 Å². The Bertz CT molecular complexity index is 706. The highest BCUT2D eigenvalue weighted by Gasteiger charge is 2.90. The molecule has 29 heavy (non-hydrogen) atoms. The molecule has 0 bridgehead atoms. The Morgan fingerprint density at radius 2 is 1.00 bits per heavy atom. The van der Waals surface area contributed by atoms with Crippen molar-refractivity contribution in [1.82, 2.24) is 0 Å². The lowest BCUT2D eigenvalue weighted by atomic mass is 9.90. The fraction of sp³-hybridized carbons (Fsp3) is 0.571. The molecule has 0 aliphatic rings. The monoisotopic (exact) mass is 458 g/mol. The first kappa shape index (κ1) is 25.2. The molecule has 1 unspecified atom stereocenters. The summed E-state index contributed by atoms with van der Waals surface area (Å²) >= 11 is 0. The minimum atomic E-state index is -7.99. The molecule has 0 aliphatic heterocycles. The highest BCUT2D eigenvalue weighted by Crippen LogP contribution is 2.61. The molecule has 1 N–H and O–H groups in total. The van der Waals surface area contributed by atoms with E-state index in [1.807, 2.05) is 0 Å². The molecule has 0 amide bonds. The van der Waals surface area contributed by atoms with Crippen LogP contribution in [-0.4, -0.2) is 40.9 Å². The van der Waals surface area contributed by atoms with Crippen LogP contribution in [0.25, 0.3) is 0 Å². The van der Waals surface area contributed by atoms with E-state index in [-0.39, 0.29) is 0 Å². The van der Waals surface area contributed by atoms with Gasteiger partial charge in [-0.2, -0.15) is 57.1 Å². The maximum absolute atomic E-state index is 13.6. The van der Waals surface area contributed by atoms with Crippen molar-refractivity contribution in [3.8, 4) is 0 Å². The van der Waals surface area contributed by atoms with Crippen molar-refractivity contribution in [1.29, 1.82) is 0 Å². The molecular weight excluding hydrogens is 450 g/mol. The highest BCUT2D eigenvalue weighted by molar-refractivity contribution is 5.20. The maximum Gasteiger partial charge on any atom is 0.460 e. The average Bonchev–Trinajstić information content (AvgIpc) is 2.53. The summed E-state index contributed by atoms with van der Waals surface area (Å²) in [6.45, 7) is 0. The van der Waals surface area contributed by atoms with Gasteiger partial charge in [-0.3, -0.25) is 0 Å². The van der Waals surface area contributed by atoms with E-state index in [1.54, 1.807) is 0 Å². The molecule has 1 aromatic rings. The van der Waals surface area contributed by atoms with E-state index in [0.717, 1.165) is 0 Å². The van der Waals surface area contributed by atoms with E-state index in [4.69, 9.17) is 0 Å². The fourth-order valence-electron chi connectivity index (χ4n) is 1.98. The predicted octanol–water partition coefficient (Wildman–Crippen LogP) is 5.99. The van der Waals surface area contributed by atoms with E-state index < -0.39 is 59.7 Å². The third kappa shape index (κ3) is 3.97. The second-order valence-electron chi connectivity index (χ2n) is 5.77. The molecule has 0 aliphatic carbocycles. The Labute approximate surface area is 151 Å². The van der Waals surface area contributed by atoms with Crippen molar-refractivity contribution in [2.45, 2.75) is 48.3 Å². The zero-order valence-corrected chi connectivity index (χ0v) is 13.3. The number of alkyl halides is 13. The molecule has 0 saturated carbocycles. The van der Waals surface area contributed by atoms with Crippen LogP contribution in [-0.2, 0) is 0 Å². The van der Waals surface area contributed by atoms with Crippen molar-refractivity contribution < 1.29 is 66.6 Å². The lowest BCUT2D eigenvalue weighted by Gasteiger charge is -2.40. The Morgan fingerprint density at radius 1 is 0.621 bits per heavy atom. The molecule has 0 saturated heterocycles. The van der Waals surface area contributed by atoms with Gasteiger partial charge in [0, 0.05) is 6.42 Å². The summed E-state index contributed by atoms with van der Waals surface area (Å²) in [5, 5.41) is 9.37. The van der Waals surface area contributed by atoms with Crippen molar-refractivity contribution in [3.05, 3.63) is 35.6 Å². The predicted molar refractivity (Wildman–Crippen MR) is 66.8 cm³/mol. The van der Waals surface area contributed by atoms with Crippen molar-refractivity contribution >= 4 is 0 Å². The van der Waals surface area contributed by atoms with Crippen LogP contribution in [0.15, 0.2) is 24.3 Å². The SMILES string of the molecule is OC(CC(F)(F)C(F)(F)C(F)(F)C(F)(F)C(F)(F)C(F)(F)F)c1ccc(F)cc1. The number of hydrogen-bond acceptors (Lipinski definition) is 1.